The minimum atomic E-state index is 0.485. The van der Waals surface area contributed by atoms with Gasteiger partial charge in [-0.25, -0.2) is 4.98 Å². The molecule has 2 aromatic rings. The fraction of sp³-hybridized carbons (Fsp3) is 0.200. The van der Waals surface area contributed by atoms with Crippen molar-refractivity contribution in [2.24, 2.45) is 0 Å². The zero-order valence-corrected chi connectivity index (χ0v) is 12.5. The van der Waals surface area contributed by atoms with Gasteiger partial charge < -0.3 is 5.32 Å². The second-order valence-electron chi connectivity index (χ2n) is 4.26. The van der Waals surface area contributed by atoms with E-state index in [1.54, 1.807) is 24.3 Å². The Morgan fingerprint density at radius 3 is 2.65 bits per heavy atom. The minimum Gasteiger partial charge on any atom is -0.369 e. The Bertz CT molecular complexity index is 663. The maximum Gasteiger partial charge on any atom is 0.144 e. The number of nitriles is 1. The van der Waals surface area contributed by atoms with Crippen molar-refractivity contribution in [1.82, 2.24) is 4.98 Å². The molecule has 1 aromatic carbocycles. The lowest BCUT2D eigenvalue weighted by Crippen LogP contribution is -2.04. The molecule has 0 saturated heterocycles. The van der Waals surface area contributed by atoms with Crippen LogP contribution < -0.4 is 5.32 Å². The summed E-state index contributed by atoms with van der Waals surface area (Å²) in [7, 11) is 0. The molecule has 0 amide bonds. The summed E-state index contributed by atoms with van der Waals surface area (Å²) in [4.78, 5) is 4.49. The van der Waals surface area contributed by atoms with Crippen molar-refractivity contribution >= 4 is 29.0 Å². The van der Waals surface area contributed by atoms with Crippen LogP contribution in [0.1, 0.15) is 18.9 Å². The molecule has 0 bridgehead atoms. The Balaban J connectivity index is 2.42. The van der Waals surface area contributed by atoms with Crippen LogP contribution in [-0.4, -0.2) is 11.5 Å². The molecule has 1 heterocycles. The number of pyridine rings is 1. The van der Waals surface area contributed by atoms with Crippen LogP contribution in [0, 0.1) is 11.3 Å². The quantitative estimate of drug-likeness (QED) is 0.886. The van der Waals surface area contributed by atoms with Crippen LogP contribution in [0.15, 0.2) is 30.3 Å². The third-order valence-corrected chi connectivity index (χ3v) is 3.51. The molecule has 0 saturated carbocycles. The zero-order chi connectivity index (χ0) is 14.5. The van der Waals surface area contributed by atoms with Crippen molar-refractivity contribution in [2.75, 3.05) is 11.9 Å². The number of benzene rings is 1. The van der Waals surface area contributed by atoms with E-state index < -0.39 is 0 Å². The Labute approximate surface area is 128 Å². The van der Waals surface area contributed by atoms with Crippen molar-refractivity contribution < 1.29 is 0 Å². The lowest BCUT2D eigenvalue weighted by Gasteiger charge is -2.09. The van der Waals surface area contributed by atoms with Crippen molar-refractivity contribution in [2.45, 2.75) is 13.3 Å². The van der Waals surface area contributed by atoms with Gasteiger partial charge in [-0.2, -0.15) is 5.26 Å². The van der Waals surface area contributed by atoms with E-state index >= 15 is 0 Å². The van der Waals surface area contributed by atoms with Crippen LogP contribution in [0.3, 0.4) is 0 Å². The fourth-order valence-corrected chi connectivity index (χ4v) is 2.04. The average molecular weight is 306 g/mol. The lowest BCUT2D eigenvalue weighted by molar-refractivity contribution is 0.968. The molecule has 0 spiro atoms. The molecule has 1 aromatic heterocycles. The molecule has 102 valence electrons. The summed E-state index contributed by atoms with van der Waals surface area (Å²) in [6.07, 6.45) is 0.962. The first-order chi connectivity index (χ1) is 9.65. The highest BCUT2D eigenvalue weighted by Crippen LogP contribution is 2.28. The van der Waals surface area contributed by atoms with Gasteiger partial charge in [0.05, 0.1) is 21.3 Å². The van der Waals surface area contributed by atoms with Crippen LogP contribution in [-0.2, 0) is 0 Å². The molecule has 0 fully saturated rings. The van der Waals surface area contributed by atoms with E-state index in [4.69, 9.17) is 28.5 Å². The molecule has 5 heteroatoms. The van der Waals surface area contributed by atoms with Gasteiger partial charge in [-0.15, -0.1) is 0 Å². The van der Waals surface area contributed by atoms with Gasteiger partial charge in [-0.05, 0) is 30.7 Å². The molecule has 2 rings (SSSR count). The molecule has 0 radical (unpaired) electrons. The Kier molecular flexibility index (Phi) is 4.84. The summed E-state index contributed by atoms with van der Waals surface area (Å²) in [5.74, 6) is 0.595. The van der Waals surface area contributed by atoms with Crippen LogP contribution in [0.4, 0.5) is 5.82 Å². The molecule has 0 atom stereocenters. The van der Waals surface area contributed by atoms with Gasteiger partial charge >= 0.3 is 0 Å². The normalized spacial score (nSPS) is 10.1. The number of nitrogens with zero attached hydrogens (tertiary/aromatic N) is 2. The Morgan fingerprint density at radius 1 is 1.20 bits per heavy atom. The third kappa shape index (κ3) is 3.22. The maximum absolute atomic E-state index is 9.09. The monoisotopic (exact) mass is 305 g/mol. The minimum absolute atomic E-state index is 0.485. The molecule has 0 aliphatic carbocycles. The van der Waals surface area contributed by atoms with Crippen LogP contribution >= 0.6 is 23.2 Å². The largest absolute Gasteiger partial charge is 0.369 e. The summed E-state index contributed by atoms with van der Waals surface area (Å²) >= 11 is 11.9. The summed E-state index contributed by atoms with van der Waals surface area (Å²) in [5, 5.41) is 13.2. The molecule has 0 unspecified atom stereocenters. The van der Waals surface area contributed by atoms with E-state index in [2.05, 4.69) is 23.3 Å². The molecule has 20 heavy (non-hydrogen) atoms. The highest BCUT2D eigenvalue weighted by atomic mass is 35.5. The van der Waals surface area contributed by atoms with E-state index in [1.165, 1.54) is 0 Å². The lowest BCUT2D eigenvalue weighted by atomic mass is 10.1. The SMILES string of the molecule is CCCNc1nc(-c2ccc(Cl)c(Cl)c2)ccc1C#N. The molecule has 1 N–H and O–H groups in total. The van der Waals surface area contributed by atoms with Crippen molar-refractivity contribution in [3.8, 4) is 17.3 Å². The number of anilines is 1. The Morgan fingerprint density at radius 2 is 2.00 bits per heavy atom. The number of rotatable bonds is 4. The number of halogens is 2. The van der Waals surface area contributed by atoms with Crippen LogP contribution in [0.5, 0.6) is 0 Å². The summed E-state index contributed by atoms with van der Waals surface area (Å²) in [5.41, 5.74) is 2.15. The van der Waals surface area contributed by atoms with Gasteiger partial charge in [0.25, 0.3) is 0 Å². The second kappa shape index (κ2) is 6.60. The first-order valence-electron chi connectivity index (χ1n) is 6.26. The molecule has 0 aliphatic heterocycles. The highest BCUT2D eigenvalue weighted by molar-refractivity contribution is 6.42. The van der Waals surface area contributed by atoms with Crippen LogP contribution in [0.2, 0.25) is 10.0 Å². The van der Waals surface area contributed by atoms with Gasteiger partial charge in [-0.1, -0.05) is 36.2 Å². The fourth-order valence-electron chi connectivity index (χ4n) is 1.74. The van der Waals surface area contributed by atoms with E-state index in [-0.39, 0.29) is 0 Å². The van der Waals surface area contributed by atoms with E-state index in [0.717, 1.165) is 24.2 Å². The number of nitrogens with one attached hydrogen (secondary N) is 1. The van der Waals surface area contributed by atoms with Gasteiger partial charge in [0, 0.05) is 12.1 Å². The topological polar surface area (TPSA) is 48.7 Å². The predicted octanol–water partition coefficient (Wildman–Crippen LogP) is 4.75. The highest BCUT2D eigenvalue weighted by Gasteiger charge is 2.08. The average Bonchev–Trinajstić information content (AvgIpc) is 2.47. The molecular weight excluding hydrogens is 293 g/mol. The zero-order valence-electron chi connectivity index (χ0n) is 11.0. The van der Waals surface area contributed by atoms with Gasteiger partial charge in [0.1, 0.15) is 11.9 Å². The maximum atomic E-state index is 9.09. The first kappa shape index (κ1) is 14.6. The van der Waals surface area contributed by atoms with E-state index in [0.29, 0.717) is 21.4 Å². The van der Waals surface area contributed by atoms with Crippen molar-refractivity contribution in [3.63, 3.8) is 0 Å². The standard InChI is InChI=1S/C15H13Cl2N3/c1-2-7-19-15-11(9-18)4-6-14(20-15)10-3-5-12(16)13(17)8-10/h3-6,8H,2,7H2,1H3,(H,19,20). The second-order valence-corrected chi connectivity index (χ2v) is 5.07. The van der Waals surface area contributed by atoms with E-state index in [9.17, 15) is 0 Å². The van der Waals surface area contributed by atoms with Crippen molar-refractivity contribution in [1.29, 1.82) is 5.26 Å². The molecule has 0 aliphatic rings. The van der Waals surface area contributed by atoms with Gasteiger partial charge in [0.2, 0.25) is 0 Å². The van der Waals surface area contributed by atoms with Crippen LogP contribution in [0.25, 0.3) is 11.3 Å². The molecule has 3 nitrogen and oxygen atoms in total. The Hall–Kier alpha value is -1.76. The number of hydrogen-bond donors (Lipinski definition) is 1. The summed E-state index contributed by atoms with van der Waals surface area (Å²) in [6.45, 7) is 2.83. The summed E-state index contributed by atoms with van der Waals surface area (Å²) < 4.78 is 0. The van der Waals surface area contributed by atoms with Gasteiger partial charge in [0.15, 0.2) is 0 Å². The number of aromatic nitrogens is 1. The molecular formula is C15H13Cl2N3. The van der Waals surface area contributed by atoms with Crippen molar-refractivity contribution in [3.05, 3.63) is 45.9 Å². The smallest absolute Gasteiger partial charge is 0.144 e. The third-order valence-electron chi connectivity index (χ3n) is 2.77. The van der Waals surface area contributed by atoms with Gasteiger partial charge in [-0.3, -0.25) is 0 Å². The first-order valence-corrected chi connectivity index (χ1v) is 7.01. The van der Waals surface area contributed by atoms with E-state index in [1.807, 2.05) is 6.07 Å². The predicted molar refractivity (Wildman–Crippen MR) is 83.2 cm³/mol. The summed E-state index contributed by atoms with van der Waals surface area (Å²) in [6, 6.07) is 11.0. The number of hydrogen-bond acceptors (Lipinski definition) is 3.